The van der Waals surface area contributed by atoms with Crippen LogP contribution in [0.25, 0.3) is 0 Å². The summed E-state index contributed by atoms with van der Waals surface area (Å²) in [5.74, 6) is -2.73. The second kappa shape index (κ2) is 13.2. The first kappa shape index (κ1) is 28.1. The van der Waals surface area contributed by atoms with Gasteiger partial charge in [0, 0.05) is 12.5 Å². The Morgan fingerprint density at radius 2 is 1.68 bits per heavy atom. The van der Waals surface area contributed by atoms with Crippen molar-refractivity contribution in [3.63, 3.8) is 0 Å². The fourth-order valence-corrected chi connectivity index (χ4v) is 3.95. The minimum absolute atomic E-state index is 0.0826. The highest BCUT2D eigenvalue weighted by molar-refractivity contribution is 5.96. The number of carbonyl (C=O) groups is 2. The lowest BCUT2D eigenvalue weighted by atomic mass is 9.93. The number of para-hydroxylation sites is 1. The van der Waals surface area contributed by atoms with E-state index in [1.54, 1.807) is 44.2 Å². The lowest BCUT2D eigenvalue weighted by Gasteiger charge is -2.40. The molecule has 0 saturated carbocycles. The van der Waals surface area contributed by atoms with Crippen molar-refractivity contribution in [2.75, 3.05) is 18.3 Å². The first-order valence-corrected chi connectivity index (χ1v) is 11.9. The Morgan fingerprint density at radius 1 is 1.03 bits per heavy atom. The van der Waals surface area contributed by atoms with Crippen molar-refractivity contribution >= 4 is 29.0 Å². The number of anilines is 1. The molecule has 2 aromatic rings. The van der Waals surface area contributed by atoms with Crippen LogP contribution in [0.3, 0.4) is 0 Å². The van der Waals surface area contributed by atoms with Gasteiger partial charge in [-0.2, -0.15) is 10.2 Å². The molecular weight excluding hydrogens is 502 g/mol. The zero-order chi connectivity index (χ0) is 27.7. The number of ether oxygens (including phenoxy) is 2. The van der Waals surface area contributed by atoms with Crippen molar-refractivity contribution in [1.82, 2.24) is 0 Å². The summed E-state index contributed by atoms with van der Waals surface area (Å²) in [4.78, 5) is 52.4. The molecule has 0 aromatic heterocycles. The third-order valence-corrected chi connectivity index (χ3v) is 5.65. The summed E-state index contributed by atoms with van der Waals surface area (Å²) in [7, 11) is 0. The highest BCUT2D eigenvalue weighted by Gasteiger charge is 2.44. The Morgan fingerprint density at radius 3 is 2.26 bits per heavy atom. The highest BCUT2D eigenvalue weighted by atomic mass is 16.7. The number of carbonyl (C=O) groups excluding carboxylic acids is 2. The van der Waals surface area contributed by atoms with Gasteiger partial charge < -0.3 is 9.47 Å². The number of hydrogen-bond acceptors (Lipinski definition) is 12. The third kappa shape index (κ3) is 6.85. The summed E-state index contributed by atoms with van der Waals surface area (Å²) in [6.45, 7) is 3.23. The van der Waals surface area contributed by atoms with E-state index in [1.807, 2.05) is 0 Å². The molecule has 14 heteroatoms. The summed E-state index contributed by atoms with van der Waals surface area (Å²) in [5, 5.41) is 31.9. The van der Waals surface area contributed by atoms with Crippen molar-refractivity contribution in [2.24, 2.45) is 16.1 Å². The number of hydroxylamine groups is 1. The first-order chi connectivity index (χ1) is 18.3. The molecule has 0 amide bonds. The summed E-state index contributed by atoms with van der Waals surface area (Å²) >= 11 is 0. The van der Waals surface area contributed by atoms with Gasteiger partial charge in [-0.1, -0.05) is 18.2 Å². The average Bonchev–Trinajstić information content (AvgIpc) is 2.90. The zero-order valence-electron chi connectivity index (χ0n) is 20.8. The number of hydrogen-bond donors (Lipinski definition) is 0. The standard InChI is InChI=1S/C24H27N5O9/c1-3-36-23(30)22(24(31)37-4-2)19-12-13-21(38-27(19)17-8-6-5-7-9-17)26-25-15-16-10-11-18(28(32)33)14-20(16)29(34)35/h5-11,14,19,21-22H,3-4,12-13,15H2,1-2H3/t19-,21-/m1/s1. The number of nitrogens with zero attached hydrogens (tertiary/aromatic N) is 5. The van der Waals surface area contributed by atoms with Crippen molar-refractivity contribution in [3.8, 4) is 0 Å². The molecule has 0 N–H and O–H groups in total. The molecular formula is C24H27N5O9. The SMILES string of the molecule is CCOC(=O)C(C(=O)OCC)[C@H]1CC[C@H](N=NCc2ccc([N+](=O)[O-])cc2[N+](=O)[O-])ON1c1ccccc1. The monoisotopic (exact) mass is 529 g/mol. The number of azo groups is 1. The van der Waals surface area contributed by atoms with E-state index < -0.39 is 51.3 Å². The van der Waals surface area contributed by atoms with Gasteiger partial charge in [-0.05, 0) is 38.5 Å². The lowest BCUT2D eigenvalue weighted by molar-refractivity contribution is -0.394. The molecule has 202 valence electrons. The van der Waals surface area contributed by atoms with Crippen LogP contribution in [0.4, 0.5) is 17.1 Å². The molecule has 3 rings (SSSR count). The van der Waals surface area contributed by atoms with Gasteiger partial charge in [0.05, 0.1) is 53.0 Å². The second-order valence-electron chi connectivity index (χ2n) is 8.09. The minimum Gasteiger partial charge on any atom is -0.465 e. The largest absolute Gasteiger partial charge is 0.465 e. The van der Waals surface area contributed by atoms with E-state index in [1.165, 1.54) is 11.1 Å². The quantitative estimate of drug-likeness (QED) is 0.135. The summed E-state index contributed by atoms with van der Waals surface area (Å²) < 4.78 is 10.3. The minimum atomic E-state index is -1.27. The van der Waals surface area contributed by atoms with Crippen molar-refractivity contribution in [3.05, 3.63) is 74.3 Å². The van der Waals surface area contributed by atoms with E-state index in [0.717, 1.165) is 12.1 Å². The topological polar surface area (TPSA) is 176 Å². The van der Waals surface area contributed by atoms with Crippen molar-refractivity contribution in [2.45, 2.75) is 45.5 Å². The molecule has 38 heavy (non-hydrogen) atoms. The van der Waals surface area contributed by atoms with Crippen molar-refractivity contribution in [1.29, 1.82) is 0 Å². The maximum atomic E-state index is 12.8. The van der Waals surface area contributed by atoms with Crippen LogP contribution in [0.2, 0.25) is 0 Å². The average molecular weight is 530 g/mol. The molecule has 2 aromatic carbocycles. The van der Waals surface area contributed by atoms with Gasteiger partial charge in [0.1, 0.15) is 0 Å². The normalized spacial score (nSPS) is 17.4. The van der Waals surface area contributed by atoms with Crippen LogP contribution in [0, 0.1) is 26.1 Å². The molecule has 1 aliphatic heterocycles. The van der Waals surface area contributed by atoms with Gasteiger partial charge in [0.15, 0.2) is 12.1 Å². The van der Waals surface area contributed by atoms with Crippen LogP contribution in [0.1, 0.15) is 32.3 Å². The smallest absolute Gasteiger partial charge is 0.322 e. The van der Waals surface area contributed by atoms with E-state index in [2.05, 4.69) is 10.2 Å². The van der Waals surface area contributed by atoms with E-state index >= 15 is 0 Å². The first-order valence-electron chi connectivity index (χ1n) is 11.9. The van der Waals surface area contributed by atoms with E-state index in [-0.39, 0.29) is 31.7 Å². The molecule has 0 unspecified atom stereocenters. The Balaban J connectivity index is 1.83. The molecule has 1 fully saturated rings. The predicted molar refractivity (Wildman–Crippen MR) is 132 cm³/mol. The number of rotatable bonds is 11. The summed E-state index contributed by atoms with van der Waals surface area (Å²) in [6.07, 6.45) is -0.262. The van der Waals surface area contributed by atoms with Crippen molar-refractivity contribution < 1.29 is 33.7 Å². The van der Waals surface area contributed by atoms with Gasteiger partial charge in [-0.25, -0.2) is 9.90 Å². The van der Waals surface area contributed by atoms with Crippen LogP contribution in [-0.4, -0.2) is 47.3 Å². The maximum Gasteiger partial charge on any atom is 0.322 e. The predicted octanol–water partition coefficient (Wildman–Crippen LogP) is 4.12. The van der Waals surface area contributed by atoms with E-state index in [0.29, 0.717) is 12.1 Å². The van der Waals surface area contributed by atoms with E-state index in [4.69, 9.17) is 14.3 Å². The highest BCUT2D eigenvalue weighted by Crippen LogP contribution is 2.33. The van der Waals surface area contributed by atoms with Gasteiger partial charge in [-0.15, -0.1) is 0 Å². The molecule has 0 bridgehead atoms. The summed E-state index contributed by atoms with van der Waals surface area (Å²) in [6, 6.07) is 11.3. The Bertz CT molecular complexity index is 1170. The molecule has 0 aliphatic carbocycles. The van der Waals surface area contributed by atoms with Gasteiger partial charge in [-0.3, -0.25) is 29.8 Å². The Labute approximate surface area is 217 Å². The molecule has 0 spiro atoms. The third-order valence-electron chi connectivity index (χ3n) is 5.65. The fraction of sp³-hybridized carbons (Fsp3) is 0.417. The number of benzene rings is 2. The number of non-ortho nitro benzene ring substituents is 1. The van der Waals surface area contributed by atoms with Crippen LogP contribution in [0.15, 0.2) is 58.8 Å². The van der Waals surface area contributed by atoms with Crippen LogP contribution in [-0.2, 0) is 30.4 Å². The Kier molecular flexibility index (Phi) is 9.76. The van der Waals surface area contributed by atoms with Gasteiger partial charge >= 0.3 is 11.9 Å². The van der Waals surface area contributed by atoms with Crippen LogP contribution >= 0.6 is 0 Å². The molecule has 14 nitrogen and oxygen atoms in total. The number of esters is 2. The molecule has 0 radical (unpaired) electrons. The molecule has 1 aliphatic rings. The zero-order valence-corrected chi connectivity index (χ0v) is 20.8. The summed E-state index contributed by atoms with van der Waals surface area (Å²) in [5.41, 5.74) is -0.152. The molecule has 1 saturated heterocycles. The maximum absolute atomic E-state index is 12.8. The van der Waals surface area contributed by atoms with E-state index in [9.17, 15) is 29.8 Å². The van der Waals surface area contributed by atoms with Crippen LogP contribution in [0.5, 0.6) is 0 Å². The Hall–Kier alpha value is -4.46. The number of nitro benzene ring substituents is 2. The molecule has 1 heterocycles. The van der Waals surface area contributed by atoms with Gasteiger partial charge in [0.2, 0.25) is 0 Å². The second-order valence-corrected chi connectivity index (χ2v) is 8.09. The molecule has 2 atom stereocenters. The number of nitro groups is 2. The van der Waals surface area contributed by atoms with Gasteiger partial charge in [0.25, 0.3) is 11.4 Å². The fourth-order valence-electron chi connectivity index (χ4n) is 3.95. The van der Waals surface area contributed by atoms with Crippen LogP contribution < -0.4 is 5.06 Å². The lowest BCUT2D eigenvalue weighted by Crippen LogP contribution is -2.52.